The van der Waals surface area contributed by atoms with Crippen molar-refractivity contribution in [2.45, 2.75) is 6.92 Å². The average molecular weight is 234 g/mol. The molecular weight excluding hydrogens is 220 g/mol. The van der Waals surface area contributed by atoms with Gasteiger partial charge in [0.25, 0.3) is 0 Å². The van der Waals surface area contributed by atoms with E-state index in [0.717, 1.165) is 5.56 Å². The third kappa shape index (κ3) is 2.48. The molecular formula is C12H14N2O3. The molecule has 0 fully saturated rings. The van der Waals surface area contributed by atoms with Gasteiger partial charge in [-0.05, 0) is 18.6 Å². The van der Waals surface area contributed by atoms with Gasteiger partial charge in [-0.3, -0.25) is 9.69 Å². The minimum atomic E-state index is -0.658. The lowest BCUT2D eigenvalue weighted by atomic mass is 10.1. The highest BCUT2D eigenvalue weighted by atomic mass is 16.5. The van der Waals surface area contributed by atoms with Gasteiger partial charge in [-0.15, -0.1) is 0 Å². The molecule has 1 aromatic rings. The van der Waals surface area contributed by atoms with Crippen LogP contribution in [0, 0.1) is 18.3 Å². The molecule has 5 heteroatoms. The van der Waals surface area contributed by atoms with Crippen molar-refractivity contribution in [1.82, 2.24) is 0 Å². The largest absolute Gasteiger partial charge is 0.496 e. The third-order valence-electron chi connectivity index (χ3n) is 2.46. The Morgan fingerprint density at radius 2 is 1.88 bits per heavy atom. The molecule has 5 nitrogen and oxygen atoms in total. The molecule has 0 bridgehead atoms. The topological polar surface area (TPSA) is 62.6 Å². The number of carbonyl (C=O) groups is 1. The maximum atomic E-state index is 11.3. The van der Waals surface area contributed by atoms with Crippen molar-refractivity contribution in [3.63, 3.8) is 0 Å². The highest BCUT2D eigenvalue weighted by molar-refractivity contribution is 6.04. The van der Waals surface area contributed by atoms with E-state index in [1.54, 1.807) is 25.3 Å². The maximum absolute atomic E-state index is 11.3. The Hall–Kier alpha value is -2.22. The fourth-order valence-electron chi connectivity index (χ4n) is 1.48. The molecule has 0 atom stereocenters. The molecule has 0 unspecified atom stereocenters. The Labute approximate surface area is 100 Å². The molecule has 0 spiro atoms. The van der Waals surface area contributed by atoms with Gasteiger partial charge < -0.3 is 9.47 Å². The van der Waals surface area contributed by atoms with Gasteiger partial charge in [-0.1, -0.05) is 0 Å². The van der Waals surface area contributed by atoms with Crippen LogP contribution in [0.3, 0.4) is 0 Å². The minimum Gasteiger partial charge on any atom is -0.496 e. The standard InChI is InChI=1S/C12H14N2O3/c1-8-5-11(17-4)9(6-10(8)16-3)14(2)12(15)7-13/h5-6H,1-4H3. The van der Waals surface area contributed by atoms with E-state index in [2.05, 4.69) is 0 Å². The molecule has 0 aliphatic rings. The Morgan fingerprint density at radius 1 is 1.29 bits per heavy atom. The van der Waals surface area contributed by atoms with E-state index in [1.807, 2.05) is 6.92 Å². The average Bonchev–Trinajstić information content (AvgIpc) is 2.36. The van der Waals surface area contributed by atoms with Gasteiger partial charge >= 0.3 is 5.91 Å². The summed E-state index contributed by atoms with van der Waals surface area (Å²) >= 11 is 0. The van der Waals surface area contributed by atoms with Crippen LogP contribution < -0.4 is 14.4 Å². The van der Waals surface area contributed by atoms with Crippen LogP contribution in [-0.2, 0) is 4.79 Å². The zero-order chi connectivity index (χ0) is 13.0. The van der Waals surface area contributed by atoms with Crippen molar-refractivity contribution in [2.24, 2.45) is 0 Å². The van der Waals surface area contributed by atoms with Gasteiger partial charge in [-0.2, -0.15) is 5.26 Å². The summed E-state index contributed by atoms with van der Waals surface area (Å²) in [6.07, 6.45) is 0. The number of hydrogen-bond donors (Lipinski definition) is 0. The van der Waals surface area contributed by atoms with Gasteiger partial charge in [-0.25, -0.2) is 0 Å². The van der Waals surface area contributed by atoms with Crippen molar-refractivity contribution < 1.29 is 14.3 Å². The summed E-state index contributed by atoms with van der Waals surface area (Å²) < 4.78 is 10.4. The van der Waals surface area contributed by atoms with E-state index in [1.165, 1.54) is 19.1 Å². The van der Waals surface area contributed by atoms with Crippen molar-refractivity contribution in [3.05, 3.63) is 17.7 Å². The first-order chi connectivity index (χ1) is 8.04. The van der Waals surface area contributed by atoms with Gasteiger partial charge in [0.15, 0.2) is 6.07 Å². The van der Waals surface area contributed by atoms with Gasteiger partial charge in [0.2, 0.25) is 0 Å². The molecule has 0 saturated heterocycles. The minimum absolute atomic E-state index is 0.501. The predicted octanol–water partition coefficient (Wildman–Crippen LogP) is 1.50. The fourth-order valence-corrected chi connectivity index (χ4v) is 1.48. The van der Waals surface area contributed by atoms with Gasteiger partial charge in [0.1, 0.15) is 11.5 Å². The van der Waals surface area contributed by atoms with E-state index in [9.17, 15) is 4.79 Å². The quantitative estimate of drug-likeness (QED) is 0.743. The number of methoxy groups -OCH3 is 2. The molecule has 1 rings (SSSR count). The maximum Gasteiger partial charge on any atom is 0.329 e. The number of nitriles is 1. The van der Waals surface area contributed by atoms with Crippen LogP contribution in [0.5, 0.6) is 11.5 Å². The highest BCUT2D eigenvalue weighted by Gasteiger charge is 2.17. The lowest BCUT2D eigenvalue weighted by Crippen LogP contribution is -2.24. The molecule has 0 heterocycles. The molecule has 0 aromatic heterocycles. The van der Waals surface area contributed by atoms with Gasteiger partial charge in [0, 0.05) is 13.1 Å². The number of anilines is 1. The van der Waals surface area contributed by atoms with E-state index in [4.69, 9.17) is 14.7 Å². The SMILES string of the molecule is COc1cc(N(C)C(=O)C#N)c(OC)cc1C. The molecule has 1 aromatic carbocycles. The fraction of sp³-hybridized carbons (Fsp3) is 0.333. The summed E-state index contributed by atoms with van der Waals surface area (Å²) in [5.74, 6) is 0.502. The number of benzene rings is 1. The second kappa shape index (κ2) is 5.21. The lowest BCUT2D eigenvalue weighted by Gasteiger charge is -2.19. The Balaban J connectivity index is 3.31. The van der Waals surface area contributed by atoms with Crippen LogP contribution in [0.15, 0.2) is 12.1 Å². The summed E-state index contributed by atoms with van der Waals surface area (Å²) in [6, 6.07) is 4.99. The highest BCUT2D eigenvalue weighted by Crippen LogP contribution is 2.34. The van der Waals surface area contributed by atoms with Crippen LogP contribution in [0.25, 0.3) is 0 Å². The predicted molar refractivity (Wildman–Crippen MR) is 63.3 cm³/mol. The second-order valence-electron chi connectivity index (χ2n) is 3.47. The molecule has 0 N–H and O–H groups in total. The summed E-state index contributed by atoms with van der Waals surface area (Å²) in [6.45, 7) is 1.87. The molecule has 90 valence electrons. The zero-order valence-corrected chi connectivity index (χ0v) is 10.3. The van der Waals surface area contributed by atoms with E-state index in [-0.39, 0.29) is 0 Å². The Morgan fingerprint density at radius 3 is 2.35 bits per heavy atom. The van der Waals surface area contributed by atoms with E-state index < -0.39 is 5.91 Å². The summed E-state index contributed by atoms with van der Waals surface area (Å²) in [7, 11) is 4.57. The summed E-state index contributed by atoms with van der Waals surface area (Å²) in [4.78, 5) is 12.6. The smallest absolute Gasteiger partial charge is 0.329 e. The summed E-state index contributed by atoms with van der Waals surface area (Å²) in [5.41, 5.74) is 1.40. The summed E-state index contributed by atoms with van der Waals surface area (Å²) in [5, 5.41) is 8.60. The first-order valence-electron chi connectivity index (χ1n) is 4.95. The molecule has 17 heavy (non-hydrogen) atoms. The van der Waals surface area contributed by atoms with E-state index in [0.29, 0.717) is 17.2 Å². The lowest BCUT2D eigenvalue weighted by molar-refractivity contribution is -0.113. The Bertz CT molecular complexity index is 477. The molecule has 1 amide bonds. The number of hydrogen-bond acceptors (Lipinski definition) is 4. The van der Waals surface area contributed by atoms with E-state index >= 15 is 0 Å². The van der Waals surface area contributed by atoms with Crippen LogP contribution in [0.1, 0.15) is 5.56 Å². The molecule has 0 saturated carbocycles. The van der Waals surface area contributed by atoms with Crippen molar-refractivity contribution in [3.8, 4) is 17.6 Å². The second-order valence-corrected chi connectivity index (χ2v) is 3.47. The first kappa shape index (κ1) is 12.8. The number of amides is 1. The zero-order valence-electron chi connectivity index (χ0n) is 10.3. The van der Waals surface area contributed by atoms with Crippen molar-refractivity contribution in [2.75, 3.05) is 26.2 Å². The first-order valence-corrected chi connectivity index (χ1v) is 4.95. The normalized spacial score (nSPS) is 9.35. The number of ether oxygens (including phenoxy) is 2. The van der Waals surface area contributed by atoms with Gasteiger partial charge in [0.05, 0.1) is 19.9 Å². The monoisotopic (exact) mass is 234 g/mol. The van der Waals surface area contributed by atoms with Crippen molar-refractivity contribution >= 4 is 11.6 Å². The van der Waals surface area contributed by atoms with Crippen LogP contribution in [-0.4, -0.2) is 27.2 Å². The number of nitrogens with zero attached hydrogens (tertiary/aromatic N) is 2. The number of rotatable bonds is 3. The van der Waals surface area contributed by atoms with Crippen LogP contribution in [0.4, 0.5) is 5.69 Å². The molecule has 0 aliphatic carbocycles. The third-order valence-corrected chi connectivity index (χ3v) is 2.46. The number of aryl methyl sites for hydroxylation is 1. The Kier molecular flexibility index (Phi) is 3.94. The van der Waals surface area contributed by atoms with Crippen LogP contribution >= 0.6 is 0 Å². The van der Waals surface area contributed by atoms with Crippen LogP contribution in [0.2, 0.25) is 0 Å². The molecule has 0 aliphatic heterocycles. The van der Waals surface area contributed by atoms with Crippen molar-refractivity contribution in [1.29, 1.82) is 5.26 Å². The molecule has 0 radical (unpaired) electrons. The number of carbonyl (C=O) groups excluding carboxylic acids is 1.